The zero-order chi connectivity index (χ0) is 13.0. The van der Waals surface area contributed by atoms with E-state index in [9.17, 15) is 0 Å². The highest BCUT2D eigenvalue weighted by Gasteiger charge is 2.10. The Bertz CT molecular complexity index is 514. The fraction of sp³-hybridized carbons (Fsp3) is 0.250. The molecule has 1 heterocycles. The van der Waals surface area contributed by atoms with E-state index in [0.29, 0.717) is 5.95 Å². The molecule has 1 atom stereocenters. The number of benzene rings is 1. The topological polar surface area (TPSA) is 76.7 Å². The second-order valence-corrected chi connectivity index (χ2v) is 4.26. The molecular weight excluding hydrogens is 250 g/mol. The molecule has 1 unspecified atom stereocenters. The Morgan fingerprint density at radius 1 is 1.28 bits per heavy atom. The lowest BCUT2D eigenvalue weighted by Crippen LogP contribution is -2.13. The van der Waals surface area contributed by atoms with Crippen molar-refractivity contribution in [1.29, 1.82) is 0 Å². The molecule has 0 aliphatic carbocycles. The quantitative estimate of drug-likeness (QED) is 0.887. The SMILES string of the molecule is CCC(Nc1ncnc(N)n1)c1ccc(Cl)cc1. The number of nitrogens with one attached hydrogen (secondary N) is 1. The highest BCUT2D eigenvalue weighted by atomic mass is 35.5. The number of hydrogen-bond acceptors (Lipinski definition) is 5. The summed E-state index contributed by atoms with van der Waals surface area (Å²) < 4.78 is 0. The second-order valence-electron chi connectivity index (χ2n) is 3.82. The van der Waals surface area contributed by atoms with Crippen LogP contribution in [-0.4, -0.2) is 15.0 Å². The van der Waals surface area contributed by atoms with E-state index in [0.717, 1.165) is 17.0 Å². The summed E-state index contributed by atoms with van der Waals surface area (Å²) in [6.45, 7) is 2.08. The lowest BCUT2D eigenvalue weighted by atomic mass is 10.1. The predicted molar refractivity (Wildman–Crippen MR) is 72.3 cm³/mol. The average molecular weight is 264 g/mol. The van der Waals surface area contributed by atoms with Crippen molar-refractivity contribution in [2.75, 3.05) is 11.1 Å². The Morgan fingerprint density at radius 2 is 2.00 bits per heavy atom. The second kappa shape index (κ2) is 5.64. The van der Waals surface area contributed by atoms with Crippen molar-refractivity contribution >= 4 is 23.5 Å². The van der Waals surface area contributed by atoms with Gasteiger partial charge in [0, 0.05) is 5.02 Å². The third kappa shape index (κ3) is 3.07. The van der Waals surface area contributed by atoms with Gasteiger partial charge in [0.05, 0.1) is 6.04 Å². The van der Waals surface area contributed by atoms with Gasteiger partial charge in [0.25, 0.3) is 0 Å². The van der Waals surface area contributed by atoms with Crippen LogP contribution in [0.25, 0.3) is 0 Å². The standard InChI is InChI=1S/C12H14ClN5/c1-2-10(8-3-5-9(13)6-4-8)17-12-16-7-15-11(14)18-12/h3-7,10H,2H2,1H3,(H3,14,15,16,17,18). The molecule has 0 spiro atoms. The fourth-order valence-corrected chi connectivity index (χ4v) is 1.78. The van der Waals surface area contributed by atoms with Gasteiger partial charge in [0.15, 0.2) is 0 Å². The average Bonchev–Trinajstić information content (AvgIpc) is 2.37. The van der Waals surface area contributed by atoms with Crippen LogP contribution in [0.3, 0.4) is 0 Å². The minimum absolute atomic E-state index is 0.115. The van der Waals surface area contributed by atoms with Gasteiger partial charge in [-0.05, 0) is 24.1 Å². The van der Waals surface area contributed by atoms with Crippen LogP contribution < -0.4 is 11.1 Å². The monoisotopic (exact) mass is 263 g/mol. The number of anilines is 2. The number of nitrogen functional groups attached to an aromatic ring is 1. The summed E-state index contributed by atoms with van der Waals surface area (Å²) in [7, 11) is 0. The van der Waals surface area contributed by atoms with Crippen molar-refractivity contribution in [3.05, 3.63) is 41.2 Å². The Hall–Kier alpha value is -1.88. The molecule has 2 aromatic rings. The van der Waals surface area contributed by atoms with Gasteiger partial charge in [-0.25, -0.2) is 9.97 Å². The summed E-state index contributed by atoms with van der Waals surface area (Å²) >= 11 is 5.87. The molecule has 18 heavy (non-hydrogen) atoms. The first-order valence-electron chi connectivity index (χ1n) is 5.65. The highest BCUT2D eigenvalue weighted by Crippen LogP contribution is 2.22. The normalized spacial score (nSPS) is 12.1. The molecule has 2 rings (SSSR count). The number of nitrogens with zero attached hydrogens (tertiary/aromatic N) is 3. The summed E-state index contributed by atoms with van der Waals surface area (Å²) in [5.74, 6) is 0.683. The lowest BCUT2D eigenvalue weighted by Gasteiger charge is -2.17. The van der Waals surface area contributed by atoms with Gasteiger partial charge in [-0.3, -0.25) is 0 Å². The first kappa shape index (κ1) is 12.6. The molecule has 0 saturated carbocycles. The minimum atomic E-state index is 0.115. The van der Waals surface area contributed by atoms with E-state index in [1.165, 1.54) is 6.33 Å². The lowest BCUT2D eigenvalue weighted by molar-refractivity contribution is 0.737. The summed E-state index contributed by atoms with van der Waals surface area (Å²) in [5, 5.41) is 3.94. The molecule has 1 aromatic carbocycles. The van der Waals surface area contributed by atoms with Crippen LogP contribution in [0.5, 0.6) is 0 Å². The smallest absolute Gasteiger partial charge is 0.227 e. The summed E-state index contributed by atoms with van der Waals surface area (Å²) in [4.78, 5) is 11.8. The van der Waals surface area contributed by atoms with Crippen LogP contribution in [0.4, 0.5) is 11.9 Å². The minimum Gasteiger partial charge on any atom is -0.368 e. The molecule has 5 nitrogen and oxygen atoms in total. The van der Waals surface area contributed by atoms with E-state index in [1.54, 1.807) is 0 Å². The van der Waals surface area contributed by atoms with Crippen molar-refractivity contribution in [1.82, 2.24) is 15.0 Å². The van der Waals surface area contributed by atoms with Gasteiger partial charge in [-0.2, -0.15) is 4.98 Å². The van der Waals surface area contributed by atoms with E-state index in [-0.39, 0.29) is 12.0 Å². The van der Waals surface area contributed by atoms with Gasteiger partial charge in [-0.1, -0.05) is 30.7 Å². The van der Waals surface area contributed by atoms with Gasteiger partial charge in [0.2, 0.25) is 11.9 Å². The Balaban J connectivity index is 2.17. The fourth-order valence-electron chi connectivity index (χ4n) is 1.65. The van der Waals surface area contributed by atoms with E-state index in [2.05, 4.69) is 27.2 Å². The number of halogens is 1. The first-order chi connectivity index (χ1) is 8.69. The molecule has 0 radical (unpaired) electrons. The molecular formula is C12H14ClN5. The van der Waals surface area contributed by atoms with Crippen LogP contribution >= 0.6 is 11.6 Å². The van der Waals surface area contributed by atoms with E-state index in [4.69, 9.17) is 17.3 Å². The third-order valence-electron chi connectivity index (χ3n) is 2.57. The van der Waals surface area contributed by atoms with Crippen LogP contribution in [0.15, 0.2) is 30.6 Å². The Morgan fingerprint density at radius 3 is 2.61 bits per heavy atom. The zero-order valence-corrected chi connectivity index (χ0v) is 10.7. The van der Waals surface area contributed by atoms with E-state index in [1.807, 2.05) is 24.3 Å². The summed E-state index contributed by atoms with van der Waals surface area (Å²) in [5.41, 5.74) is 6.64. The van der Waals surface area contributed by atoms with Crippen molar-refractivity contribution in [3.8, 4) is 0 Å². The molecule has 0 aliphatic heterocycles. The number of rotatable bonds is 4. The number of nitrogens with two attached hydrogens (primary N) is 1. The van der Waals surface area contributed by atoms with Crippen molar-refractivity contribution in [3.63, 3.8) is 0 Å². The van der Waals surface area contributed by atoms with Crippen molar-refractivity contribution in [2.45, 2.75) is 19.4 Å². The van der Waals surface area contributed by atoms with Gasteiger partial charge in [-0.15, -0.1) is 0 Å². The molecule has 0 bridgehead atoms. The maximum atomic E-state index is 5.87. The van der Waals surface area contributed by atoms with Gasteiger partial charge in [0.1, 0.15) is 6.33 Å². The molecule has 1 aromatic heterocycles. The van der Waals surface area contributed by atoms with Gasteiger partial charge >= 0.3 is 0 Å². The maximum Gasteiger partial charge on any atom is 0.227 e. The molecule has 3 N–H and O–H groups in total. The van der Waals surface area contributed by atoms with Crippen LogP contribution in [0, 0.1) is 0 Å². The van der Waals surface area contributed by atoms with Crippen molar-refractivity contribution < 1.29 is 0 Å². The highest BCUT2D eigenvalue weighted by molar-refractivity contribution is 6.30. The predicted octanol–water partition coefficient (Wildman–Crippen LogP) is 2.67. The maximum absolute atomic E-state index is 5.87. The Kier molecular flexibility index (Phi) is 3.94. The van der Waals surface area contributed by atoms with Crippen molar-refractivity contribution in [2.24, 2.45) is 0 Å². The number of hydrogen-bond donors (Lipinski definition) is 2. The van der Waals surface area contributed by atoms with Gasteiger partial charge < -0.3 is 11.1 Å². The number of aromatic nitrogens is 3. The third-order valence-corrected chi connectivity index (χ3v) is 2.83. The van der Waals surface area contributed by atoms with Crippen LogP contribution in [-0.2, 0) is 0 Å². The van der Waals surface area contributed by atoms with Crippen LogP contribution in [0.2, 0.25) is 5.02 Å². The zero-order valence-electron chi connectivity index (χ0n) is 9.97. The summed E-state index contributed by atoms with van der Waals surface area (Å²) in [6.07, 6.45) is 2.28. The molecule has 0 saturated heterocycles. The largest absolute Gasteiger partial charge is 0.368 e. The molecule has 0 fully saturated rings. The molecule has 0 aliphatic rings. The van der Waals surface area contributed by atoms with E-state index >= 15 is 0 Å². The van der Waals surface area contributed by atoms with Crippen LogP contribution in [0.1, 0.15) is 24.9 Å². The first-order valence-corrected chi connectivity index (χ1v) is 6.03. The molecule has 6 heteroatoms. The molecule has 0 amide bonds. The summed E-state index contributed by atoms with van der Waals surface area (Å²) in [6, 6.07) is 7.80. The Labute approximate surface area is 110 Å². The van der Waals surface area contributed by atoms with E-state index < -0.39 is 0 Å². The molecule has 94 valence electrons.